The maximum absolute atomic E-state index is 12.4. The predicted molar refractivity (Wildman–Crippen MR) is 91.2 cm³/mol. The van der Waals surface area contributed by atoms with Crippen LogP contribution in [0, 0.1) is 17.0 Å². The zero-order valence-electron chi connectivity index (χ0n) is 14.8. The van der Waals surface area contributed by atoms with Crippen molar-refractivity contribution in [2.24, 2.45) is 0 Å². The van der Waals surface area contributed by atoms with Crippen molar-refractivity contribution in [1.29, 1.82) is 0 Å². The van der Waals surface area contributed by atoms with Crippen molar-refractivity contribution in [2.45, 2.75) is 33.4 Å². The van der Waals surface area contributed by atoms with Gasteiger partial charge >= 0.3 is 12.4 Å². The van der Waals surface area contributed by atoms with E-state index < -0.39 is 23.5 Å². The number of hydrogen-bond donors (Lipinski definition) is 1. The number of aryl methyl sites for hydroxylation is 1. The fourth-order valence-electron chi connectivity index (χ4n) is 2.36. The van der Waals surface area contributed by atoms with Crippen molar-refractivity contribution in [2.75, 3.05) is 11.9 Å². The summed E-state index contributed by atoms with van der Waals surface area (Å²) in [7, 11) is 0. The molecule has 0 radical (unpaired) electrons. The number of benzene rings is 1. The largest absolute Gasteiger partial charge is 0.490 e. The molecule has 1 aromatic carbocycles. The summed E-state index contributed by atoms with van der Waals surface area (Å²) in [5.74, 6) is -0.967. The summed E-state index contributed by atoms with van der Waals surface area (Å²) < 4.78 is 35.7. The van der Waals surface area contributed by atoms with E-state index in [0.717, 1.165) is 0 Å². The van der Waals surface area contributed by atoms with Crippen molar-refractivity contribution in [3.63, 3.8) is 0 Å². The van der Waals surface area contributed by atoms with Gasteiger partial charge in [0.15, 0.2) is 11.5 Å². The number of hydrogen-bond acceptors (Lipinski definition) is 6. The van der Waals surface area contributed by atoms with E-state index in [0.29, 0.717) is 5.69 Å². The number of nitro groups is 1. The lowest BCUT2D eigenvalue weighted by Crippen LogP contribution is -2.25. The fourth-order valence-corrected chi connectivity index (χ4v) is 2.36. The smallest absolute Gasteiger partial charge is 0.390 e. The first-order valence-electron chi connectivity index (χ1n) is 7.96. The molecule has 2 aromatic rings. The molecule has 0 aliphatic heterocycles. The molecule has 1 unspecified atom stereocenters. The van der Waals surface area contributed by atoms with Gasteiger partial charge in [0.2, 0.25) is 0 Å². The maximum Gasteiger partial charge on any atom is 0.390 e. The molecule has 0 bridgehead atoms. The van der Waals surface area contributed by atoms with Crippen molar-refractivity contribution in [3.8, 4) is 11.5 Å². The van der Waals surface area contributed by atoms with Gasteiger partial charge in [-0.2, -0.15) is 13.5 Å². The second kappa shape index (κ2) is 8.43. The SMILES string of the molecule is CCOc1cc(NC(=O)C(C)n2nc([N+](=O)[O-])cc2C)ccc1OC(F)F. The Bertz CT molecular complexity index is 840. The number of carbonyl (C=O) groups is 1. The number of anilines is 1. The van der Waals surface area contributed by atoms with E-state index in [1.807, 2.05) is 0 Å². The quantitative estimate of drug-likeness (QED) is 0.553. The molecule has 0 aliphatic rings. The van der Waals surface area contributed by atoms with Gasteiger partial charge in [0.05, 0.1) is 23.5 Å². The summed E-state index contributed by atoms with van der Waals surface area (Å²) in [6.45, 7) is 1.99. The summed E-state index contributed by atoms with van der Waals surface area (Å²) in [6, 6.07) is 4.40. The lowest BCUT2D eigenvalue weighted by atomic mass is 10.2. The Kier molecular flexibility index (Phi) is 6.27. The molecule has 1 N–H and O–H groups in total. The van der Waals surface area contributed by atoms with Crippen molar-refractivity contribution in [1.82, 2.24) is 9.78 Å². The lowest BCUT2D eigenvalue weighted by molar-refractivity contribution is -0.389. The summed E-state index contributed by atoms with van der Waals surface area (Å²) in [5, 5.41) is 17.2. The average molecular weight is 384 g/mol. The predicted octanol–water partition coefficient (Wildman–Crippen LogP) is 3.30. The molecule has 0 spiro atoms. The summed E-state index contributed by atoms with van der Waals surface area (Å²) >= 11 is 0. The number of ether oxygens (including phenoxy) is 2. The van der Waals surface area contributed by atoms with Gasteiger partial charge in [-0.05, 0) is 37.8 Å². The molecule has 1 heterocycles. The molecule has 9 nitrogen and oxygen atoms in total. The van der Waals surface area contributed by atoms with Crippen molar-refractivity contribution in [3.05, 3.63) is 40.1 Å². The summed E-state index contributed by atoms with van der Waals surface area (Å²) in [4.78, 5) is 22.6. The van der Waals surface area contributed by atoms with E-state index in [-0.39, 0.29) is 29.6 Å². The average Bonchev–Trinajstić information content (AvgIpc) is 2.98. The van der Waals surface area contributed by atoms with Gasteiger partial charge in [-0.15, -0.1) is 0 Å². The molecule has 1 amide bonds. The molecular formula is C16H18F2N4O5. The molecule has 0 aliphatic carbocycles. The monoisotopic (exact) mass is 384 g/mol. The normalized spacial score (nSPS) is 11.9. The third-order valence-electron chi connectivity index (χ3n) is 3.57. The number of halogens is 2. The Hall–Kier alpha value is -3.24. The standard InChI is InChI=1S/C16H18F2N4O5/c1-4-26-13-8-11(5-6-12(13)27-16(17)18)19-15(23)10(3)21-9(2)7-14(20-21)22(24)25/h5-8,10,16H,4H2,1-3H3,(H,19,23). The first kappa shape index (κ1) is 20.1. The Balaban J connectivity index is 2.19. The van der Waals surface area contributed by atoms with E-state index in [1.165, 1.54) is 35.9 Å². The Morgan fingerprint density at radius 2 is 2.07 bits per heavy atom. The molecule has 0 saturated heterocycles. The highest BCUT2D eigenvalue weighted by Crippen LogP contribution is 2.32. The minimum Gasteiger partial charge on any atom is -0.490 e. The second-order valence-corrected chi connectivity index (χ2v) is 5.48. The number of nitrogens with zero attached hydrogens (tertiary/aromatic N) is 3. The van der Waals surface area contributed by atoms with E-state index in [9.17, 15) is 23.7 Å². The van der Waals surface area contributed by atoms with Crippen molar-refractivity contribution >= 4 is 17.4 Å². The van der Waals surface area contributed by atoms with Gasteiger partial charge in [0, 0.05) is 11.8 Å². The molecule has 1 atom stereocenters. The van der Waals surface area contributed by atoms with Crippen LogP contribution in [0.5, 0.6) is 11.5 Å². The fraction of sp³-hybridized carbons (Fsp3) is 0.375. The minimum absolute atomic E-state index is 0.0501. The van der Waals surface area contributed by atoms with Gasteiger partial charge in [-0.3, -0.25) is 4.79 Å². The maximum atomic E-state index is 12.4. The second-order valence-electron chi connectivity index (χ2n) is 5.48. The molecule has 146 valence electrons. The van der Waals surface area contributed by atoms with E-state index in [1.54, 1.807) is 13.8 Å². The molecule has 27 heavy (non-hydrogen) atoms. The zero-order chi connectivity index (χ0) is 20.1. The number of amides is 1. The highest BCUT2D eigenvalue weighted by molar-refractivity contribution is 5.93. The van der Waals surface area contributed by atoms with Crippen LogP contribution in [-0.2, 0) is 4.79 Å². The number of aromatic nitrogens is 2. The Morgan fingerprint density at radius 1 is 1.37 bits per heavy atom. The topological polar surface area (TPSA) is 109 Å². The zero-order valence-corrected chi connectivity index (χ0v) is 14.8. The van der Waals surface area contributed by atoms with Gasteiger partial charge in [0.1, 0.15) is 6.04 Å². The first-order valence-corrected chi connectivity index (χ1v) is 7.96. The third kappa shape index (κ3) is 4.90. The number of nitrogens with one attached hydrogen (secondary N) is 1. The first-order chi connectivity index (χ1) is 12.7. The Labute approximate surface area is 153 Å². The van der Waals surface area contributed by atoms with E-state index >= 15 is 0 Å². The van der Waals surface area contributed by atoms with Crippen LogP contribution in [0.2, 0.25) is 0 Å². The third-order valence-corrected chi connectivity index (χ3v) is 3.57. The van der Waals surface area contributed by atoms with Crippen LogP contribution in [0.3, 0.4) is 0 Å². The molecule has 2 rings (SSSR count). The number of alkyl halides is 2. The van der Waals surface area contributed by atoms with Crippen LogP contribution < -0.4 is 14.8 Å². The van der Waals surface area contributed by atoms with Crippen molar-refractivity contribution < 1.29 is 28.0 Å². The molecule has 0 saturated carbocycles. The van der Waals surface area contributed by atoms with Crippen LogP contribution >= 0.6 is 0 Å². The van der Waals surface area contributed by atoms with Crippen LogP contribution in [-0.4, -0.2) is 33.8 Å². The van der Waals surface area contributed by atoms with Gasteiger partial charge in [-0.25, -0.2) is 0 Å². The molecule has 0 fully saturated rings. The van der Waals surface area contributed by atoms with Gasteiger partial charge < -0.3 is 24.9 Å². The van der Waals surface area contributed by atoms with Crippen LogP contribution in [0.15, 0.2) is 24.3 Å². The highest BCUT2D eigenvalue weighted by atomic mass is 19.3. The van der Waals surface area contributed by atoms with E-state index in [2.05, 4.69) is 15.2 Å². The summed E-state index contributed by atoms with van der Waals surface area (Å²) in [6.07, 6.45) is 0. The highest BCUT2D eigenvalue weighted by Gasteiger charge is 2.25. The lowest BCUT2D eigenvalue weighted by Gasteiger charge is -2.15. The van der Waals surface area contributed by atoms with E-state index in [4.69, 9.17) is 4.74 Å². The number of rotatable bonds is 8. The van der Waals surface area contributed by atoms with Gasteiger partial charge in [0.25, 0.3) is 5.91 Å². The molecular weight excluding hydrogens is 366 g/mol. The minimum atomic E-state index is -3.01. The number of carbonyl (C=O) groups excluding carboxylic acids is 1. The van der Waals surface area contributed by atoms with Crippen LogP contribution in [0.4, 0.5) is 20.3 Å². The molecule has 11 heteroatoms. The molecule has 1 aromatic heterocycles. The summed E-state index contributed by atoms with van der Waals surface area (Å²) in [5.41, 5.74) is 0.733. The van der Waals surface area contributed by atoms with Gasteiger partial charge in [-0.1, -0.05) is 0 Å². The van der Waals surface area contributed by atoms with Crippen LogP contribution in [0.25, 0.3) is 0 Å². The van der Waals surface area contributed by atoms with Crippen LogP contribution in [0.1, 0.15) is 25.6 Å². The Morgan fingerprint density at radius 3 is 2.63 bits per heavy atom.